The first-order chi connectivity index (χ1) is 15.1. The number of carbonyl (C=O) groups is 2. The van der Waals surface area contributed by atoms with Crippen molar-refractivity contribution in [3.8, 4) is 5.75 Å². The van der Waals surface area contributed by atoms with Crippen LogP contribution in [0.25, 0.3) is 0 Å². The maximum absolute atomic E-state index is 13.3. The average molecular weight is 479 g/mol. The van der Waals surface area contributed by atoms with Crippen LogP contribution in [0.15, 0.2) is 36.4 Å². The van der Waals surface area contributed by atoms with E-state index in [9.17, 15) is 9.59 Å². The lowest BCUT2D eigenvalue weighted by atomic mass is 10.1. The summed E-state index contributed by atoms with van der Waals surface area (Å²) in [5.74, 6) is 0.417. The minimum atomic E-state index is -0.670. The lowest BCUT2D eigenvalue weighted by Gasteiger charge is -2.31. The molecule has 0 aliphatic rings. The van der Waals surface area contributed by atoms with Crippen molar-refractivity contribution < 1.29 is 14.3 Å². The summed E-state index contributed by atoms with van der Waals surface area (Å²) in [5, 5.41) is 3.83. The second-order valence-electron chi connectivity index (χ2n) is 8.34. The predicted octanol–water partition coefficient (Wildman–Crippen LogP) is 5.57. The molecule has 0 aliphatic heterocycles. The van der Waals surface area contributed by atoms with Gasteiger partial charge in [-0.05, 0) is 49.9 Å². The van der Waals surface area contributed by atoms with E-state index in [4.69, 9.17) is 27.9 Å². The summed E-state index contributed by atoms with van der Waals surface area (Å²) in [6.45, 7) is 10.3. The Morgan fingerprint density at radius 1 is 1.09 bits per heavy atom. The summed E-state index contributed by atoms with van der Waals surface area (Å²) in [4.78, 5) is 27.7. The Bertz CT molecular complexity index is 927. The fourth-order valence-electron chi connectivity index (χ4n) is 3.38. The highest BCUT2D eigenvalue weighted by Crippen LogP contribution is 2.27. The molecule has 5 nitrogen and oxygen atoms in total. The van der Waals surface area contributed by atoms with E-state index in [-0.39, 0.29) is 25.0 Å². The van der Waals surface area contributed by atoms with Crippen LogP contribution >= 0.6 is 23.2 Å². The second kappa shape index (κ2) is 12.1. The molecule has 32 heavy (non-hydrogen) atoms. The number of ether oxygens (including phenoxy) is 1. The Balaban J connectivity index is 2.28. The summed E-state index contributed by atoms with van der Waals surface area (Å²) in [6.07, 6.45) is 0.446. The van der Waals surface area contributed by atoms with E-state index in [0.717, 1.165) is 11.1 Å². The van der Waals surface area contributed by atoms with Gasteiger partial charge in [0.05, 0.1) is 0 Å². The number of rotatable bonds is 10. The van der Waals surface area contributed by atoms with Crippen LogP contribution in [0, 0.1) is 19.8 Å². The maximum Gasteiger partial charge on any atom is 0.261 e. The van der Waals surface area contributed by atoms with Crippen LogP contribution in [0.4, 0.5) is 0 Å². The number of nitrogens with zero attached hydrogens (tertiary/aromatic N) is 1. The van der Waals surface area contributed by atoms with Crippen molar-refractivity contribution in [1.29, 1.82) is 0 Å². The van der Waals surface area contributed by atoms with E-state index in [1.165, 1.54) is 4.90 Å². The SMILES string of the molecule is CC[C@H](C(=O)NCC(C)C)N(Cc1c(Cl)cccc1Cl)C(=O)COc1ccc(C)cc1C. The Hall–Kier alpha value is -2.24. The molecule has 2 amide bonds. The molecule has 1 N–H and O–H groups in total. The van der Waals surface area contributed by atoms with Crippen molar-refractivity contribution in [3.63, 3.8) is 0 Å². The monoisotopic (exact) mass is 478 g/mol. The molecule has 2 aromatic carbocycles. The molecule has 174 valence electrons. The van der Waals surface area contributed by atoms with E-state index in [1.54, 1.807) is 18.2 Å². The summed E-state index contributed by atoms with van der Waals surface area (Å²) in [7, 11) is 0. The standard InChI is InChI=1S/C25H32Cl2N2O3/c1-6-22(25(31)28-13-16(2)3)29(14-19-20(26)8-7-9-21(19)27)24(30)15-32-23-11-10-17(4)12-18(23)5/h7-12,16,22H,6,13-15H2,1-5H3,(H,28,31)/t22-/m1/s1. The summed E-state index contributed by atoms with van der Waals surface area (Å²) in [6, 6.07) is 10.3. The normalized spacial score (nSPS) is 11.9. The molecule has 0 aliphatic carbocycles. The third-order valence-corrected chi connectivity index (χ3v) is 5.85. The smallest absolute Gasteiger partial charge is 0.261 e. The minimum Gasteiger partial charge on any atom is -0.483 e. The molecule has 2 aromatic rings. The van der Waals surface area contributed by atoms with Gasteiger partial charge in [0.25, 0.3) is 5.91 Å². The molecule has 0 unspecified atom stereocenters. The molecule has 0 radical (unpaired) electrons. The highest BCUT2D eigenvalue weighted by Gasteiger charge is 2.30. The van der Waals surface area contributed by atoms with Gasteiger partial charge in [-0.1, -0.05) is 67.7 Å². The molecule has 7 heteroatoms. The van der Waals surface area contributed by atoms with Gasteiger partial charge < -0.3 is 15.0 Å². The maximum atomic E-state index is 13.3. The number of halogens is 2. The highest BCUT2D eigenvalue weighted by molar-refractivity contribution is 6.36. The molecule has 0 saturated carbocycles. The minimum absolute atomic E-state index is 0.112. The van der Waals surface area contributed by atoms with Crippen molar-refractivity contribution in [3.05, 3.63) is 63.1 Å². The Morgan fingerprint density at radius 3 is 2.31 bits per heavy atom. The predicted molar refractivity (Wildman–Crippen MR) is 130 cm³/mol. The molecule has 0 spiro atoms. The summed E-state index contributed by atoms with van der Waals surface area (Å²) < 4.78 is 5.82. The van der Waals surface area contributed by atoms with Crippen molar-refractivity contribution >= 4 is 35.0 Å². The van der Waals surface area contributed by atoms with Gasteiger partial charge in [0, 0.05) is 28.7 Å². The van der Waals surface area contributed by atoms with Crippen molar-refractivity contribution in [2.45, 2.75) is 53.6 Å². The Morgan fingerprint density at radius 2 is 1.75 bits per heavy atom. The Kier molecular flexibility index (Phi) is 9.85. The molecular formula is C25H32Cl2N2O3. The molecule has 0 saturated heterocycles. The lowest BCUT2D eigenvalue weighted by Crippen LogP contribution is -2.50. The van der Waals surface area contributed by atoms with Gasteiger partial charge in [-0.15, -0.1) is 0 Å². The molecule has 0 bridgehead atoms. The molecule has 1 atom stereocenters. The van der Waals surface area contributed by atoms with E-state index >= 15 is 0 Å². The topological polar surface area (TPSA) is 58.6 Å². The third kappa shape index (κ3) is 7.14. The largest absolute Gasteiger partial charge is 0.483 e. The van der Waals surface area contributed by atoms with Gasteiger partial charge in [-0.3, -0.25) is 9.59 Å². The number of aryl methyl sites for hydroxylation is 2. The van der Waals surface area contributed by atoms with E-state index in [2.05, 4.69) is 5.32 Å². The first-order valence-electron chi connectivity index (χ1n) is 10.8. The van der Waals surface area contributed by atoms with Crippen LogP contribution in [-0.4, -0.2) is 35.9 Å². The summed E-state index contributed by atoms with van der Waals surface area (Å²) >= 11 is 12.7. The molecule has 0 aromatic heterocycles. The van der Waals surface area contributed by atoms with Gasteiger partial charge >= 0.3 is 0 Å². The van der Waals surface area contributed by atoms with Crippen LogP contribution in [-0.2, 0) is 16.1 Å². The first-order valence-corrected chi connectivity index (χ1v) is 11.6. The fourth-order valence-corrected chi connectivity index (χ4v) is 3.90. The third-order valence-electron chi connectivity index (χ3n) is 5.14. The van der Waals surface area contributed by atoms with Gasteiger partial charge in [-0.25, -0.2) is 0 Å². The zero-order valence-corrected chi connectivity index (χ0v) is 20.9. The molecular weight excluding hydrogens is 447 g/mol. The van der Waals surface area contributed by atoms with E-state index in [0.29, 0.717) is 40.2 Å². The van der Waals surface area contributed by atoms with Crippen LogP contribution in [0.5, 0.6) is 5.75 Å². The molecule has 0 heterocycles. The lowest BCUT2D eigenvalue weighted by molar-refractivity contribution is -0.143. The second-order valence-corrected chi connectivity index (χ2v) is 9.16. The Labute approximate surface area is 201 Å². The molecule has 0 fully saturated rings. The highest BCUT2D eigenvalue weighted by atomic mass is 35.5. The van der Waals surface area contributed by atoms with Crippen molar-refractivity contribution in [2.24, 2.45) is 5.92 Å². The quantitative estimate of drug-likeness (QED) is 0.485. The van der Waals surface area contributed by atoms with Crippen LogP contribution in [0.3, 0.4) is 0 Å². The zero-order valence-electron chi connectivity index (χ0n) is 19.4. The van der Waals surface area contributed by atoms with Crippen LogP contribution < -0.4 is 10.1 Å². The number of carbonyl (C=O) groups excluding carboxylic acids is 2. The average Bonchev–Trinajstić information content (AvgIpc) is 2.73. The van der Waals surface area contributed by atoms with Crippen LogP contribution in [0.1, 0.15) is 43.9 Å². The van der Waals surface area contributed by atoms with Gasteiger partial charge in [0.2, 0.25) is 5.91 Å². The zero-order chi connectivity index (χ0) is 23.8. The number of amides is 2. The van der Waals surface area contributed by atoms with Crippen LogP contribution in [0.2, 0.25) is 10.0 Å². The number of hydrogen-bond acceptors (Lipinski definition) is 3. The number of hydrogen-bond donors (Lipinski definition) is 1. The fraction of sp³-hybridized carbons (Fsp3) is 0.440. The van der Waals surface area contributed by atoms with E-state index in [1.807, 2.05) is 52.8 Å². The van der Waals surface area contributed by atoms with Gasteiger partial charge in [-0.2, -0.15) is 0 Å². The van der Waals surface area contributed by atoms with Crippen molar-refractivity contribution in [2.75, 3.05) is 13.2 Å². The number of nitrogens with one attached hydrogen (secondary N) is 1. The van der Waals surface area contributed by atoms with Gasteiger partial charge in [0.15, 0.2) is 6.61 Å². The summed E-state index contributed by atoms with van der Waals surface area (Å²) in [5.41, 5.74) is 2.66. The number of benzene rings is 2. The van der Waals surface area contributed by atoms with E-state index < -0.39 is 6.04 Å². The first kappa shape index (κ1) is 26.0. The van der Waals surface area contributed by atoms with Gasteiger partial charge in [0.1, 0.15) is 11.8 Å². The van der Waals surface area contributed by atoms with Crippen molar-refractivity contribution in [1.82, 2.24) is 10.2 Å². The molecule has 2 rings (SSSR count).